The maximum atomic E-state index is 13.0. The number of rotatable bonds is 15. The van der Waals surface area contributed by atoms with Gasteiger partial charge in [0.15, 0.2) is 0 Å². The number of nitrogens with zero attached hydrogens (tertiary/aromatic N) is 1. The Morgan fingerprint density at radius 3 is 2.45 bits per heavy atom. The van der Waals surface area contributed by atoms with Crippen molar-refractivity contribution >= 4 is 22.7 Å². The normalized spacial score (nSPS) is 15.4. The molecule has 1 fully saturated rings. The molecule has 47 heavy (non-hydrogen) atoms. The predicted molar refractivity (Wildman–Crippen MR) is 188 cm³/mol. The molecule has 1 saturated heterocycles. The summed E-state index contributed by atoms with van der Waals surface area (Å²) in [7, 11) is 0. The van der Waals surface area contributed by atoms with Crippen molar-refractivity contribution < 1.29 is 19.7 Å². The number of carbonyl (C=O) groups excluding carboxylic acids is 1. The number of ether oxygens (including phenoxy) is 1. The lowest BCUT2D eigenvalue weighted by atomic mass is 10.0. The number of aromatic amines is 1. The van der Waals surface area contributed by atoms with Crippen LogP contribution in [0, 0.1) is 0 Å². The Hall–Kier alpha value is -4.18. The lowest BCUT2D eigenvalue weighted by Gasteiger charge is -2.38. The molecular weight excluding hydrogens is 592 g/mol. The lowest BCUT2D eigenvalue weighted by Crippen LogP contribution is -2.51. The Balaban J connectivity index is 1.17. The number of aromatic hydroxyl groups is 1. The monoisotopic (exact) mass is 640 g/mol. The van der Waals surface area contributed by atoms with Crippen LogP contribution < -0.4 is 16.2 Å². The van der Waals surface area contributed by atoms with E-state index >= 15 is 0 Å². The highest BCUT2D eigenvalue weighted by molar-refractivity contribution is 5.91. The number of amides is 1. The third-order valence-corrected chi connectivity index (χ3v) is 9.08. The van der Waals surface area contributed by atoms with Crippen LogP contribution in [-0.2, 0) is 4.74 Å². The molecule has 0 aliphatic carbocycles. The zero-order valence-corrected chi connectivity index (χ0v) is 27.3. The van der Waals surface area contributed by atoms with Crippen molar-refractivity contribution in [3.8, 4) is 16.9 Å². The van der Waals surface area contributed by atoms with E-state index in [1.807, 2.05) is 54.6 Å². The maximum absolute atomic E-state index is 13.0. The molecule has 0 radical (unpaired) electrons. The summed E-state index contributed by atoms with van der Waals surface area (Å²) in [5, 5.41) is 28.7. The van der Waals surface area contributed by atoms with Crippen LogP contribution in [0.15, 0.2) is 83.7 Å². The summed E-state index contributed by atoms with van der Waals surface area (Å²) < 4.78 is 5.88. The van der Waals surface area contributed by atoms with Gasteiger partial charge >= 0.3 is 6.09 Å². The number of hydrogen-bond donors (Lipinski definition) is 5. The van der Waals surface area contributed by atoms with Crippen LogP contribution in [0.5, 0.6) is 5.75 Å². The number of phenols is 1. The highest BCUT2D eigenvalue weighted by Gasteiger charge is 2.28. The molecule has 5 N–H and O–H groups in total. The maximum Gasteiger partial charge on any atom is 0.411 e. The first-order chi connectivity index (χ1) is 22.9. The number of benzene rings is 3. The van der Waals surface area contributed by atoms with Gasteiger partial charge < -0.3 is 19.9 Å². The van der Waals surface area contributed by atoms with Gasteiger partial charge in [-0.3, -0.25) is 20.3 Å². The SMILES string of the molecule is CCCCCCCCC(NC[C@H](O)c1ccc(O)c2[nH]c(=O)ccc12)N1CCC(OC(=O)Nc2ccccc2-c2ccccc2)CC1. The number of pyridine rings is 1. The number of anilines is 1. The van der Waals surface area contributed by atoms with Crippen molar-refractivity contribution in [1.82, 2.24) is 15.2 Å². The number of carbonyl (C=O) groups is 1. The molecule has 9 heteroatoms. The standard InChI is InChI=1S/C38H48N4O5/c1-2-3-4-5-6-10-17-35(39-26-34(44)30-18-20-33(43)37-31(30)19-21-36(45)41-37)42-24-22-28(23-25-42)47-38(46)40-32-16-12-11-15-29(32)27-13-8-7-9-14-27/h7-9,11-16,18-21,28,34-35,39,43-44H,2-6,10,17,22-26H2,1H3,(H,40,46)(H,41,45)/t34-,35?/m0/s1. The Kier molecular flexibility index (Phi) is 12.4. The molecule has 1 unspecified atom stereocenters. The molecule has 0 bridgehead atoms. The van der Waals surface area contributed by atoms with E-state index in [0.717, 1.165) is 55.6 Å². The summed E-state index contributed by atoms with van der Waals surface area (Å²) in [5.74, 6) is -0.0262. The van der Waals surface area contributed by atoms with Crippen LogP contribution in [0.4, 0.5) is 10.5 Å². The molecular formula is C38H48N4O5. The quantitative estimate of drug-likeness (QED) is 0.0863. The van der Waals surface area contributed by atoms with Gasteiger partial charge in [0, 0.05) is 36.7 Å². The van der Waals surface area contributed by atoms with Gasteiger partial charge in [0.25, 0.3) is 0 Å². The number of para-hydroxylation sites is 1. The molecule has 1 aromatic heterocycles. The molecule has 0 spiro atoms. The first kappa shape index (κ1) is 34.2. The van der Waals surface area contributed by atoms with Crippen LogP contribution in [-0.4, -0.2) is 58.1 Å². The number of phenolic OH excluding ortho intramolecular Hbond substituents is 1. The van der Waals surface area contributed by atoms with Gasteiger partial charge in [-0.05, 0) is 48.6 Å². The second kappa shape index (κ2) is 17.1. The number of unbranched alkanes of at least 4 members (excludes halogenated alkanes) is 5. The number of aromatic nitrogens is 1. The molecule has 1 aliphatic heterocycles. The summed E-state index contributed by atoms with van der Waals surface area (Å²) in [6.45, 7) is 4.08. The van der Waals surface area contributed by atoms with Gasteiger partial charge in [-0.15, -0.1) is 0 Å². The Bertz CT molecular complexity index is 1630. The Morgan fingerprint density at radius 2 is 1.66 bits per heavy atom. The van der Waals surface area contributed by atoms with Crippen molar-refractivity contribution in [3.05, 3.63) is 94.8 Å². The molecule has 1 aliphatic rings. The fourth-order valence-electron chi connectivity index (χ4n) is 6.50. The van der Waals surface area contributed by atoms with E-state index in [-0.39, 0.29) is 23.6 Å². The van der Waals surface area contributed by atoms with Crippen LogP contribution in [0.1, 0.15) is 76.4 Å². The van der Waals surface area contributed by atoms with E-state index in [2.05, 4.69) is 27.4 Å². The molecule has 1 amide bonds. The van der Waals surface area contributed by atoms with Gasteiger partial charge in [-0.1, -0.05) is 100 Å². The van der Waals surface area contributed by atoms with E-state index in [1.54, 1.807) is 12.1 Å². The van der Waals surface area contributed by atoms with Gasteiger partial charge in [-0.2, -0.15) is 0 Å². The highest BCUT2D eigenvalue weighted by Crippen LogP contribution is 2.30. The molecule has 250 valence electrons. The molecule has 3 aromatic carbocycles. The first-order valence-corrected chi connectivity index (χ1v) is 17.1. The lowest BCUT2D eigenvalue weighted by molar-refractivity contribution is 0.0315. The van der Waals surface area contributed by atoms with Crippen molar-refractivity contribution in [1.29, 1.82) is 0 Å². The van der Waals surface area contributed by atoms with E-state index in [4.69, 9.17) is 4.74 Å². The van der Waals surface area contributed by atoms with Gasteiger partial charge in [0.1, 0.15) is 11.9 Å². The van der Waals surface area contributed by atoms with Gasteiger partial charge in [0.05, 0.1) is 23.5 Å². The van der Waals surface area contributed by atoms with Crippen LogP contribution in [0.25, 0.3) is 22.0 Å². The molecule has 5 rings (SSSR count). The highest BCUT2D eigenvalue weighted by atomic mass is 16.6. The zero-order chi connectivity index (χ0) is 33.0. The van der Waals surface area contributed by atoms with Crippen molar-refractivity contribution in [2.75, 3.05) is 25.0 Å². The number of H-pyrrole nitrogens is 1. The number of fused-ring (bicyclic) bond motifs is 1. The third-order valence-electron chi connectivity index (χ3n) is 9.08. The number of piperidine rings is 1. The minimum absolute atomic E-state index is 0.0262. The molecule has 9 nitrogen and oxygen atoms in total. The second-order valence-electron chi connectivity index (χ2n) is 12.5. The van der Waals surface area contributed by atoms with Gasteiger partial charge in [-0.25, -0.2) is 4.79 Å². The third kappa shape index (κ3) is 9.44. The minimum atomic E-state index is -0.834. The van der Waals surface area contributed by atoms with Crippen molar-refractivity contribution in [2.24, 2.45) is 0 Å². The summed E-state index contributed by atoms with van der Waals surface area (Å²) in [5.41, 5.74) is 3.35. The molecule has 4 aromatic rings. The number of likely N-dealkylation sites (tertiary alicyclic amines) is 1. The average molecular weight is 641 g/mol. The largest absolute Gasteiger partial charge is 0.506 e. The fraction of sp³-hybridized carbons (Fsp3) is 0.421. The smallest absolute Gasteiger partial charge is 0.411 e. The Morgan fingerprint density at radius 1 is 0.936 bits per heavy atom. The first-order valence-electron chi connectivity index (χ1n) is 17.1. The predicted octanol–water partition coefficient (Wildman–Crippen LogP) is 7.31. The topological polar surface area (TPSA) is 127 Å². The van der Waals surface area contributed by atoms with E-state index in [0.29, 0.717) is 23.0 Å². The van der Waals surface area contributed by atoms with Crippen molar-refractivity contribution in [3.63, 3.8) is 0 Å². The molecule has 2 heterocycles. The van der Waals surface area contributed by atoms with Crippen LogP contribution in [0.2, 0.25) is 0 Å². The van der Waals surface area contributed by atoms with Crippen LogP contribution in [0.3, 0.4) is 0 Å². The number of aliphatic hydroxyl groups is 1. The summed E-state index contributed by atoms with van der Waals surface area (Å²) in [6, 6.07) is 24.0. The number of hydrogen-bond acceptors (Lipinski definition) is 7. The summed E-state index contributed by atoms with van der Waals surface area (Å²) >= 11 is 0. The van der Waals surface area contributed by atoms with Gasteiger partial charge in [0.2, 0.25) is 5.56 Å². The average Bonchev–Trinajstić information content (AvgIpc) is 3.09. The Labute approximate surface area is 277 Å². The van der Waals surface area contributed by atoms with Crippen molar-refractivity contribution in [2.45, 2.75) is 83.1 Å². The van der Waals surface area contributed by atoms with Crippen LogP contribution >= 0.6 is 0 Å². The summed E-state index contributed by atoms with van der Waals surface area (Å²) in [6.07, 6.45) is 8.21. The fourth-order valence-corrected chi connectivity index (χ4v) is 6.50. The van der Waals surface area contributed by atoms with E-state index in [1.165, 1.54) is 44.2 Å². The minimum Gasteiger partial charge on any atom is -0.506 e. The van der Waals surface area contributed by atoms with E-state index < -0.39 is 12.2 Å². The second-order valence-corrected chi connectivity index (χ2v) is 12.5. The van der Waals surface area contributed by atoms with E-state index in [9.17, 15) is 19.8 Å². The molecule has 2 atom stereocenters. The number of nitrogens with one attached hydrogen (secondary N) is 3. The molecule has 0 saturated carbocycles. The zero-order valence-electron chi connectivity index (χ0n) is 27.3. The number of aliphatic hydroxyl groups excluding tert-OH is 1. The summed E-state index contributed by atoms with van der Waals surface area (Å²) in [4.78, 5) is 29.9.